The molecule has 1 aliphatic carbocycles. The second-order valence-electron chi connectivity index (χ2n) is 6.38. The van der Waals surface area contributed by atoms with Crippen molar-refractivity contribution in [1.29, 1.82) is 0 Å². The van der Waals surface area contributed by atoms with E-state index in [0.29, 0.717) is 5.41 Å². The van der Waals surface area contributed by atoms with Crippen LogP contribution in [-0.2, 0) is 0 Å². The first kappa shape index (κ1) is 13.4. The maximum absolute atomic E-state index is 5.92. The SMILES string of the molecule is CC(N)c1cnc(N2CCC3(CCCCC3)CC2)s1. The molecule has 2 N–H and O–H groups in total. The van der Waals surface area contributed by atoms with Crippen molar-refractivity contribution in [3.8, 4) is 0 Å². The van der Waals surface area contributed by atoms with Gasteiger partial charge >= 0.3 is 0 Å². The molecule has 1 atom stereocenters. The van der Waals surface area contributed by atoms with Gasteiger partial charge in [-0.2, -0.15) is 0 Å². The van der Waals surface area contributed by atoms with Crippen LogP contribution in [0.3, 0.4) is 0 Å². The topological polar surface area (TPSA) is 42.1 Å². The number of nitrogens with two attached hydrogens (primary N) is 1. The quantitative estimate of drug-likeness (QED) is 0.897. The van der Waals surface area contributed by atoms with E-state index in [0.717, 1.165) is 0 Å². The molecule has 1 aromatic rings. The van der Waals surface area contributed by atoms with Crippen LogP contribution in [0.2, 0.25) is 0 Å². The molecule has 0 amide bonds. The van der Waals surface area contributed by atoms with Gasteiger partial charge in [-0.1, -0.05) is 19.3 Å². The molecule has 2 heterocycles. The average Bonchev–Trinajstić information content (AvgIpc) is 2.90. The highest BCUT2D eigenvalue weighted by molar-refractivity contribution is 7.15. The summed E-state index contributed by atoms with van der Waals surface area (Å²) in [6.07, 6.45) is 12.0. The summed E-state index contributed by atoms with van der Waals surface area (Å²) in [5, 5.41) is 1.18. The predicted molar refractivity (Wildman–Crippen MR) is 81.7 cm³/mol. The Morgan fingerprint density at radius 3 is 2.47 bits per heavy atom. The number of hydrogen-bond donors (Lipinski definition) is 1. The number of thiazole rings is 1. The van der Waals surface area contributed by atoms with Gasteiger partial charge < -0.3 is 10.6 Å². The van der Waals surface area contributed by atoms with Crippen molar-refractivity contribution in [3.63, 3.8) is 0 Å². The molecular weight excluding hydrogens is 254 g/mol. The predicted octanol–water partition coefficient (Wildman–Crippen LogP) is 3.71. The molecule has 106 valence electrons. The van der Waals surface area contributed by atoms with E-state index in [1.165, 1.54) is 68.0 Å². The van der Waals surface area contributed by atoms with Crippen molar-refractivity contribution in [3.05, 3.63) is 11.1 Å². The summed E-state index contributed by atoms with van der Waals surface area (Å²) in [4.78, 5) is 8.23. The lowest BCUT2D eigenvalue weighted by Crippen LogP contribution is -2.41. The van der Waals surface area contributed by atoms with Gasteiger partial charge in [0.05, 0.1) is 0 Å². The third-order valence-electron chi connectivity index (χ3n) is 4.97. The summed E-state index contributed by atoms with van der Waals surface area (Å²) in [6, 6.07) is 0.112. The molecule has 0 bridgehead atoms. The fraction of sp³-hybridized carbons (Fsp3) is 0.800. The third kappa shape index (κ3) is 2.79. The van der Waals surface area contributed by atoms with E-state index in [1.54, 1.807) is 11.3 Å². The second kappa shape index (κ2) is 5.41. The minimum absolute atomic E-state index is 0.112. The van der Waals surface area contributed by atoms with E-state index in [9.17, 15) is 0 Å². The maximum atomic E-state index is 5.92. The third-order valence-corrected chi connectivity index (χ3v) is 6.23. The second-order valence-corrected chi connectivity index (χ2v) is 7.42. The Balaban J connectivity index is 1.62. The molecular formula is C15H25N3S. The van der Waals surface area contributed by atoms with Crippen molar-refractivity contribution >= 4 is 16.5 Å². The molecule has 1 saturated heterocycles. The van der Waals surface area contributed by atoms with Crippen LogP contribution in [-0.4, -0.2) is 18.1 Å². The molecule has 1 aliphatic heterocycles. The number of nitrogens with zero attached hydrogens (tertiary/aromatic N) is 2. The zero-order chi connectivity index (χ0) is 13.3. The molecule has 3 rings (SSSR count). The molecule has 1 saturated carbocycles. The fourth-order valence-corrected chi connectivity index (χ4v) is 4.53. The van der Waals surface area contributed by atoms with Gasteiger partial charge in [0.2, 0.25) is 0 Å². The lowest BCUT2D eigenvalue weighted by molar-refractivity contribution is 0.144. The zero-order valence-electron chi connectivity index (χ0n) is 11.9. The number of piperidine rings is 1. The van der Waals surface area contributed by atoms with Gasteiger partial charge in [-0.15, -0.1) is 11.3 Å². The summed E-state index contributed by atoms with van der Waals surface area (Å²) in [5.41, 5.74) is 6.60. The van der Waals surface area contributed by atoms with E-state index >= 15 is 0 Å². The Kier molecular flexibility index (Phi) is 3.81. The molecule has 3 nitrogen and oxygen atoms in total. The molecule has 1 aromatic heterocycles. The van der Waals surface area contributed by atoms with Gasteiger partial charge in [0.1, 0.15) is 0 Å². The zero-order valence-corrected chi connectivity index (χ0v) is 12.7. The Labute approximate surface area is 120 Å². The van der Waals surface area contributed by atoms with Crippen molar-refractivity contribution in [1.82, 2.24) is 4.98 Å². The van der Waals surface area contributed by atoms with Crippen molar-refractivity contribution in [2.24, 2.45) is 11.1 Å². The van der Waals surface area contributed by atoms with Crippen molar-refractivity contribution in [2.45, 2.75) is 57.9 Å². The smallest absolute Gasteiger partial charge is 0.185 e. The molecule has 2 fully saturated rings. The molecule has 19 heavy (non-hydrogen) atoms. The van der Waals surface area contributed by atoms with Crippen LogP contribution in [0.1, 0.15) is 62.8 Å². The lowest BCUT2D eigenvalue weighted by Gasteiger charge is -2.44. The van der Waals surface area contributed by atoms with Gasteiger partial charge in [-0.05, 0) is 38.0 Å². The summed E-state index contributed by atoms with van der Waals surface area (Å²) in [7, 11) is 0. The highest BCUT2D eigenvalue weighted by Gasteiger charge is 2.36. The van der Waals surface area contributed by atoms with Crippen molar-refractivity contribution in [2.75, 3.05) is 18.0 Å². The summed E-state index contributed by atoms with van der Waals surface area (Å²) in [6.45, 7) is 4.41. The number of anilines is 1. The van der Waals surface area contributed by atoms with Crippen LogP contribution >= 0.6 is 11.3 Å². The van der Waals surface area contributed by atoms with Gasteiger partial charge in [-0.3, -0.25) is 0 Å². The highest BCUT2D eigenvalue weighted by atomic mass is 32.1. The normalized spacial score (nSPS) is 24.6. The van der Waals surface area contributed by atoms with Gasteiger partial charge in [0, 0.05) is 30.2 Å². The standard InChI is InChI=1S/C15H25N3S/c1-12(16)13-11-17-14(19-13)18-9-7-15(8-10-18)5-3-2-4-6-15/h11-12H,2-10,16H2,1H3. The van der Waals surface area contributed by atoms with Crippen LogP contribution < -0.4 is 10.6 Å². The summed E-state index contributed by atoms with van der Waals surface area (Å²) < 4.78 is 0. The first-order valence-electron chi connectivity index (χ1n) is 7.65. The number of hydrogen-bond acceptors (Lipinski definition) is 4. The molecule has 0 radical (unpaired) electrons. The monoisotopic (exact) mass is 279 g/mol. The molecule has 1 unspecified atom stereocenters. The van der Waals surface area contributed by atoms with E-state index in [-0.39, 0.29) is 6.04 Å². The highest BCUT2D eigenvalue weighted by Crippen LogP contribution is 2.45. The van der Waals surface area contributed by atoms with E-state index in [1.807, 2.05) is 13.1 Å². The van der Waals surface area contributed by atoms with Gasteiger partial charge in [0.25, 0.3) is 0 Å². The Hall–Kier alpha value is -0.610. The van der Waals surface area contributed by atoms with Crippen LogP contribution in [0.5, 0.6) is 0 Å². The maximum Gasteiger partial charge on any atom is 0.185 e. The first-order valence-corrected chi connectivity index (χ1v) is 8.46. The Morgan fingerprint density at radius 1 is 1.21 bits per heavy atom. The molecule has 4 heteroatoms. The van der Waals surface area contributed by atoms with Crippen LogP contribution in [0.15, 0.2) is 6.20 Å². The Morgan fingerprint density at radius 2 is 1.89 bits per heavy atom. The van der Waals surface area contributed by atoms with E-state index in [2.05, 4.69) is 9.88 Å². The summed E-state index contributed by atoms with van der Waals surface area (Å²) >= 11 is 1.77. The van der Waals surface area contributed by atoms with Crippen LogP contribution in [0.4, 0.5) is 5.13 Å². The summed E-state index contributed by atoms with van der Waals surface area (Å²) in [5.74, 6) is 0. The van der Waals surface area contributed by atoms with Crippen LogP contribution in [0, 0.1) is 5.41 Å². The fourth-order valence-electron chi connectivity index (χ4n) is 3.61. The number of aromatic nitrogens is 1. The van der Waals surface area contributed by atoms with Gasteiger partial charge in [-0.25, -0.2) is 4.98 Å². The molecule has 2 aliphatic rings. The minimum atomic E-state index is 0.112. The Bertz CT molecular complexity index is 411. The lowest BCUT2D eigenvalue weighted by atomic mass is 9.68. The van der Waals surface area contributed by atoms with E-state index in [4.69, 9.17) is 5.73 Å². The first-order chi connectivity index (χ1) is 9.19. The molecule has 1 spiro atoms. The minimum Gasteiger partial charge on any atom is -0.348 e. The van der Waals surface area contributed by atoms with Crippen LogP contribution in [0.25, 0.3) is 0 Å². The molecule has 0 aromatic carbocycles. The largest absolute Gasteiger partial charge is 0.348 e. The van der Waals surface area contributed by atoms with E-state index < -0.39 is 0 Å². The van der Waals surface area contributed by atoms with Gasteiger partial charge in [0.15, 0.2) is 5.13 Å². The number of rotatable bonds is 2. The average molecular weight is 279 g/mol. The van der Waals surface area contributed by atoms with Crippen molar-refractivity contribution < 1.29 is 0 Å².